The number of phenols is 1. The van der Waals surface area contributed by atoms with Gasteiger partial charge in [-0.1, -0.05) is 25.5 Å². The number of hydrogen-bond acceptors (Lipinski definition) is 2. The summed E-state index contributed by atoms with van der Waals surface area (Å²) < 4.78 is 0.753. The minimum atomic E-state index is 0.170. The van der Waals surface area contributed by atoms with Gasteiger partial charge in [0.1, 0.15) is 5.75 Å². The van der Waals surface area contributed by atoms with Crippen LogP contribution in [0.2, 0.25) is 0 Å². The fraction of sp³-hybridized carbons (Fsp3) is 0.438. The SMILES string of the molecule is CCC1CC2C(=O)C(Br)=C(c3ccc(O)cc3)C2C1. The van der Waals surface area contributed by atoms with E-state index >= 15 is 0 Å². The van der Waals surface area contributed by atoms with Gasteiger partial charge in [-0.2, -0.15) is 0 Å². The molecule has 2 nitrogen and oxygen atoms in total. The van der Waals surface area contributed by atoms with Gasteiger partial charge in [0, 0.05) is 5.92 Å². The topological polar surface area (TPSA) is 37.3 Å². The number of hydrogen-bond donors (Lipinski definition) is 1. The van der Waals surface area contributed by atoms with Gasteiger partial charge in [-0.3, -0.25) is 4.79 Å². The number of aromatic hydroxyl groups is 1. The second kappa shape index (κ2) is 4.78. The summed E-state index contributed by atoms with van der Waals surface area (Å²) >= 11 is 3.49. The molecule has 3 atom stereocenters. The molecule has 1 N–H and O–H groups in total. The molecule has 1 aromatic carbocycles. The van der Waals surface area contributed by atoms with E-state index in [0.717, 1.165) is 34.9 Å². The first-order valence-corrected chi connectivity index (χ1v) is 7.64. The molecule has 3 unspecified atom stereocenters. The van der Waals surface area contributed by atoms with Crippen LogP contribution in [0.1, 0.15) is 31.7 Å². The zero-order valence-corrected chi connectivity index (χ0v) is 12.5. The molecule has 1 fully saturated rings. The Balaban J connectivity index is 2.00. The van der Waals surface area contributed by atoms with E-state index in [-0.39, 0.29) is 17.5 Å². The molecule has 0 aromatic heterocycles. The van der Waals surface area contributed by atoms with E-state index in [4.69, 9.17) is 0 Å². The van der Waals surface area contributed by atoms with Crippen molar-refractivity contribution in [3.05, 3.63) is 34.3 Å². The summed E-state index contributed by atoms with van der Waals surface area (Å²) in [6.07, 6.45) is 3.29. The molecule has 2 aliphatic carbocycles. The molecule has 0 amide bonds. The average molecular weight is 321 g/mol. The third-order valence-corrected chi connectivity index (χ3v) is 5.39. The van der Waals surface area contributed by atoms with Crippen LogP contribution in [0.5, 0.6) is 5.75 Å². The van der Waals surface area contributed by atoms with Gasteiger partial charge < -0.3 is 5.11 Å². The Hall–Kier alpha value is -1.09. The number of Topliss-reactive ketones (excluding diaryl/α,β-unsaturated/α-hetero) is 1. The molecular weight excluding hydrogens is 304 g/mol. The van der Waals surface area contributed by atoms with Crippen molar-refractivity contribution in [1.29, 1.82) is 0 Å². The molecule has 1 saturated carbocycles. The standard InChI is InChI=1S/C16H17BrO2/c1-2-9-7-12-13(8-9)16(19)15(17)14(12)10-3-5-11(18)6-4-10/h3-6,9,12-13,18H,2,7-8H2,1H3. The van der Waals surface area contributed by atoms with Crippen molar-refractivity contribution in [3.63, 3.8) is 0 Å². The van der Waals surface area contributed by atoms with E-state index in [1.807, 2.05) is 12.1 Å². The highest BCUT2D eigenvalue weighted by molar-refractivity contribution is 9.12. The lowest BCUT2D eigenvalue weighted by atomic mass is 9.90. The number of carbonyl (C=O) groups excluding carboxylic acids is 1. The first-order valence-electron chi connectivity index (χ1n) is 6.85. The number of rotatable bonds is 2. The maximum atomic E-state index is 12.3. The van der Waals surface area contributed by atoms with Crippen molar-refractivity contribution < 1.29 is 9.90 Å². The number of carbonyl (C=O) groups is 1. The molecule has 1 aromatic rings. The molecule has 0 aliphatic heterocycles. The molecule has 0 radical (unpaired) electrons. The van der Waals surface area contributed by atoms with Crippen LogP contribution >= 0.6 is 15.9 Å². The van der Waals surface area contributed by atoms with Crippen LogP contribution in [0.3, 0.4) is 0 Å². The lowest BCUT2D eigenvalue weighted by Gasteiger charge is -2.14. The molecule has 0 saturated heterocycles. The van der Waals surface area contributed by atoms with Gasteiger partial charge in [0.2, 0.25) is 0 Å². The summed E-state index contributed by atoms with van der Waals surface area (Å²) in [6, 6.07) is 7.18. The average Bonchev–Trinajstić information content (AvgIpc) is 2.92. The highest BCUT2D eigenvalue weighted by atomic mass is 79.9. The minimum absolute atomic E-state index is 0.170. The predicted molar refractivity (Wildman–Crippen MR) is 79.0 cm³/mol. The zero-order chi connectivity index (χ0) is 13.6. The molecule has 0 bridgehead atoms. The first kappa shape index (κ1) is 12.9. The van der Waals surface area contributed by atoms with Crippen LogP contribution in [-0.4, -0.2) is 10.9 Å². The highest BCUT2D eigenvalue weighted by Crippen LogP contribution is 2.53. The fourth-order valence-corrected chi connectivity index (χ4v) is 4.34. The van der Waals surface area contributed by atoms with Gasteiger partial charge in [0.25, 0.3) is 0 Å². The number of phenolic OH excluding ortho intramolecular Hbond substituents is 1. The van der Waals surface area contributed by atoms with Gasteiger partial charge in [0.15, 0.2) is 5.78 Å². The summed E-state index contributed by atoms with van der Waals surface area (Å²) in [5.74, 6) is 1.73. The Labute approximate surface area is 121 Å². The maximum absolute atomic E-state index is 12.3. The Bertz CT molecular complexity index is 544. The normalized spacial score (nSPS) is 30.0. The monoisotopic (exact) mass is 320 g/mol. The third kappa shape index (κ3) is 2.04. The summed E-state index contributed by atoms with van der Waals surface area (Å²) in [5.41, 5.74) is 2.20. The van der Waals surface area contributed by atoms with Crippen LogP contribution in [-0.2, 0) is 4.79 Å². The molecule has 100 valence electrons. The van der Waals surface area contributed by atoms with Gasteiger partial charge in [0.05, 0.1) is 4.48 Å². The molecule has 0 spiro atoms. The quantitative estimate of drug-likeness (QED) is 0.889. The third-order valence-electron chi connectivity index (χ3n) is 4.58. The first-order chi connectivity index (χ1) is 9.11. The van der Waals surface area contributed by atoms with E-state index in [1.165, 1.54) is 0 Å². The van der Waals surface area contributed by atoms with Crippen molar-refractivity contribution in [2.75, 3.05) is 0 Å². The smallest absolute Gasteiger partial charge is 0.173 e. The Kier molecular flexibility index (Phi) is 3.25. The van der Waals surface area contributed by atoms with Gasteiger partial charge >= 0.3 is 0 Å². The van der Waals surface area contributed by atoms with Gasteiger partial charge in [-0.25, -0.2) is 0 Å². The van der Waals surface area contributed by atoms with Crippen LogP contribution in [0.25, 0.3) is 5.57 Å². The molecule has 3 heteroatoms. The van der Waals surface area contributed by atoms with Crippen LogP contribution in [0, 0.1) is 17.8 Å². The molecular formula is C16H17BrO2. The molecule has 0 heterocycles. The van der Waals surface area contributed by atoms with Crippen molar-refractivity contribution in [1.82, 2.24) is 0 Å². The van der Waals surface area contributed by atoms with E-state index < -0.39 is 0 Å². The molecule has 3 rings (SSSR count). The summed E-state index contributed by atoms with van der Waals surface area (Å²) in [6.45, 7) is 2.20. The second-order valence-corrected chi connectivity index (χ2v) is 6.39. The van der Waals surface area contributed by atoms with Crippen LogP contribution < -0.4 is 0 Å². The van der Waals surface area contributed by atoms with Crippen LogP contribution in [0.4, 0.5) is 0 Å². The Morgan fingerprint density at radius 3 is 2.47 bits per heavy atom. The molecule has 2 aliphatic rings. The van der Waals surface area contributed by atoms with Crippen LogP contribution in [0.15, 0.2) is 28.7 Å². The second-order valence-electron chi connectivity index (χ2n) is 5.60. The van der Waals surface area contributed by atoms with Crippen molar-refractivity contribution >= 4 is 27.3 Å². The number of ketones is 1. The lowest BCUT2D eigenvalue weighted by Crippen LogP contribution is -2.10. The number of fused-ring (bicyclic) bond motifs is 1. The fourth-order valence-electron chi connectivity index (χ4n) is 3.53. The number of benzene rings is 1. The summed E-state index contributed by atoms with van der Waals surface area (Å²) in [7, 11) is 0. The Morgan fingerprint density at radius 1 is 1.21 bits per heavy atom. The molecule has 19 heavy (non-hydrogen) atoms. The predicted octanol–water partition coefficient (Wildman–Crippen LogP) is 4.13. The van der Waals surface area contributed by atoms with Crippen molar-refractivity contribution in [3.8, 4) is 5.75 Å². The van der Waals surface area contributed by atoms with E-state index in [1.54, 1.807) is 12.1 Å². The zero-order valence-electron chi connectivity index (χ0n) is 10.9. The minimum Gasteiger partial charge on any atom is -0.508 e. The largest absolute Gasteiger partial charge is 0.508 e. The highest BCUT2D eigenvalue weighted by Gasteiger charge is 2.46. The maximum Gasteiger partial charge on any atom is 0.173 e. The van der Waals surface area contributed by atoms with E-state index in [2.05, 4.69) is 22.9 Å². The number of halogens is 1. The summed E-state index contributed by atoms with van der Waals surface area (Å²) in [4.78, 5) is 12.3. The summed E-state index contributed by atoms with van der Waals surface area (Å²) in [5, 5.41) is 9.39. The number of allylic oxidation sites excluding steroid dienone is 2. The van der Waals surface area contributed by atoms with E-state index in [0.29, 0.717) is 11.8 Å². The Morgan fingerprint density at radius 2 is 1.84 bits per heavy atom. The van der Waals surface area contributed by atoms with Gasteiger partial charge in [-0.15, -0.1) is 0 Å². The van der Waals surface area contributed by atoms with Crippen molar-refractivity contribution in [2.45, 2.75) is 26.2 Å². The van der Waals surface area contributed by atoms with E-state index in [9.17, 15) is 9.90 Å². The lowest BCUT2D eigenvalue weighted by molar-refractivity contribution is -0.118. The van der Waals surface area contributed by atoms with Crippen molar-refractivity contribution in [2.24, 2.45) is 17.8 Å². The van der Waals surface area contributed by atoms with Gasteiger partial charge in [-0.05, 0) is 63.9 Å².